The lowest BCUT2D eigenvalue weighted by Crippen LogP contribution is -2.28. The monoisotopic (exact) mass is 430 g/mol. The molecule has 1 aliphatic carbocycles. The maximum Gasteiger partial charge on any atom is 0.200 e. The zero-order chi connectivity index (χ0) is 22.4. The summed E-state index contributed by atoms with van der Waals surface area (Å²) in [4.78, 5) is 26.6. The minimum atomic E-state index is -0.572. The highest BCUT2D eigenvalue weighted by atomic mass is 16.3. The van der Waals surface area contributed by atoms with E-state index >= 15 is 0 Å². The number of nitrogens with one attached hydrogen (secondary N) is 4. The number of aliphatic hydroxyl groups excluding tert-OH is 2. The summed E-state index contributed by atoms with van der Waals surface area (Å²) in [5, 5.41) is 50.1. The molecule has 0 fully saturated rings. The van der Waals surface area contributed by atoms with Gasteiger partial charge in [-0.2, -0.15) is 0 Å². The van der Waals surface area contributed by atoms with E-state index in [4.69, 9.17) is 10.2 Å². The third-order valence-electron chi connectivity index (χ3n) is 4.91. The number of rotatable bonds is 11. The summed E-state index contributed by atoms with van der Waals surface area (Å²) >= 11 is 0. The van der Waals surface area contributed by atoms with Crippen LogP contribution in [0.25, 0.3) is 0 Å². The Kier molecular flexibility index (Phi) is 7.42. The number of aliphatic hydroxyl groups is 2. The molecule has 0 aromatic heterocycles. The molecule has 8 N–H and O–H groups in total. The van der Waals surface area contributed by atoms with Crippen molar-refractivity contribution in [1.29, 1.82) is 0 Å². The van der Waals surface area contributed by atoms with Crippen molar-refractivity contribution in [3.05, 3.63) is 46.5 Å². The Balaban J connectivity index is 2.01. The van der Waals surface area contributed by atoms with Crippen LogP contribution >= 0.6 is 0 Å². The molecule has 166 valence electrons. The van der Waals surface area contributed by atoms with E-state index in [1.807, 2.05) is 0 Å². The van der Waals surface area contributed by atoms with Gasteiger partial charge in [-0.3, -0.25) is 14.9 Å². The van der Waals surface area contributed by atoms with E-state index in [9.17, 15) is 19.8 Å². The molecular formula is C21H26N4O6. The van der Waals surface area contributed by atoms with Gasteiger partial charge in [0.25, 0.3) is 0 Å². The molecule has 0 saturated heterocycles. The standard InChI is InChI=1S/C21H26N4O6/c26-10-9-22-5-7-24-12-1-2-13(25-8-6-23-11-27)17-16(12)20(30)18-14(28)3-4-15(29)19(18)21(17)31/h1-4,22-29H,5-11H2. The molecule has 2 aromatic rings. The van der Waals surface area contributed by atoms with Crippen LogP contribution in [0.15, 0.2) is 24.3 Å². The molecule has 0 spiro atoms. The highest BCUT2D eigenvalue weighted by Crippen LogP contribution is 2.42. The molecule has 0 saturated carbocycles. The van der Waals surface area contributed by atoms with E-state index in [0.29, 0.717) is 44.1 Å². The molecule has 2 aromatic carbocycles. The molecule has 10 nitrogen and oxygen atoms in total. The van der Waals surface area contributed by atoms with Gasteiger partial charge >= 0.3 is 0 Å². The van der Waals surface area contributed by atoms with Crippen molar-refractivity contribution in [2.45, 2.75) is 0 Å². The number of hydrogen-bond acceptors (Lipinski definition) is 10. The van der Waals surface area contributed by atoms with Gasteiger partial charge in [-0.05, 0) is 24.3 Å². The summed E-state index contributed by atoms with van der Waals surface area (Å²) in [7, 11) is 0. The van der Waals surface area contributed by atoms with Gasteiger partial charge in [-0.15, -0.1) is 0 Å². The molecule has 3 rings (SSSR count). The van der Waals surface area contributed by atoms with Gasteiger partial charge in [0.2, 0.25) is 11.6 Å². The first-order chi connectivity index (χ1) is 15.0. The van der Waals surface area contributed by atoms with Crippen LogP contribution in [0, 0.1) is 0 Å². The Hall–Kier alpha value is -3.18. The summed E-state index contributed by atoms with van der Waals surface area (Å²) in [5.74, 6) is -1.90. The second-order valence-electron chi connectivity index (χ2n) is 6.91. The molecule has 1 aliphatic rings. The third-order valence-corrected chi connectivity index (χ3v) is 4.91. The molecule has 0 heterocycles. The summed E-state index contributed by atoms with van der Waals surface area (Å²) in [6.45, 7) is 2.01. The van der Waals surface area contributed by atoms with E-state index in [-0.39, 0.29) is 47.1 Å². The van der Waals surface area contributed by atoms with Crippen LogP contribution in [0.2, 0.25) is 0 Å². The fourth-order valence-corrected chi connectivity index (χ4v) is 3.51. The van der Waals surface area contributed by atoms with Gasteiger partial charge < -0.3 is 36.4 Å². The van der Waals surface area contributed by atoms with Crippen molar-refractivity contribution < 1.29 is 30.0 Å². The van der Waals surface area contributed by atoms with Gasteiger partial charge in [0, 0.05) is 44.1 Å². The van der Waals surface area contributed by atoms with Gasteiger partial charge in [-0.25, -0.2) is 0 Å². The zero-order valence-electron chi connectivity index (χ0n) is 16.9. The predicted molar refractivity (Wildman–Crippen MR) is 115 cm³/mol. The van der Waals surface area contributed by atoms with Crippen molar-refractivity contribution in [3.8, 4) is 11.5 Å². The lowest BCUT2D eigenvalue weighted by Gasteiger charge is -2.25. The number of aromatic hydroxyl groups is 2. The van der Waals surface area contributed by atoms with Gasteiger partial charge in [0.1, 0.15) is 11.5 Å². The van der Waals surface area contributed by atoms with Crippen molar-refractivity contribution in [3.63, 3.8) is 0 Å². The maximum atomic E-state index is 13.3. The largest absolute Gasteiger partial charge is 0.507 e. The molecule has 0 amide bonds. The number of ketones is 2. The second-order valence-corrected chi connectivity index (χ2v) is 6.91. The van der Waals surface area contributed by atoms with E-state index < -0.39 is 11.6 Å². The van der Waals surface area contributed by atoms with E-state index in [2.05, 4.69) is 21.3 Å². The van der Waals surface area contributed by atoms with Crippen LogP contribution in [0.5, 0.6) is 11.5 Å². The van der Waals surface area contributed by atoms with Crippen LogP contribution in [-0.2, 0) is 0 Å². The highest BCUT2D eigenvalue weighted by Gasteiger charge is 2.37. The highest BCUT2D eigenvalue weighted by molar-refractivity contribution is 6.33. The topological polar surface area (TPSA) is 163 Å². The van der Waals surface area contributed by atoms with Crippen molar-refractivity contribution in [2.24, 2.45) is 0 Å². The normalized spacial score (nSPS) is 12.5. The number of benzene rings is 2. The Morgan fingerprint density at radius 1 is 0.613 bits per heavy atom. The number of phenols is 2. The molecule has 10 heteroatoms. The van der Waals surface area contributed by atoms with Crippen LogP contribution in [-0.4, -0.2) is 78.1 Å². The smallest absolute Gasteiger partial charge is 0.200 e. The van der Waals surface area contributed by atoms with Gasteiger partial charge in [0.05, 0.1) is 35.6 Å². The van der Waals surface area contributed by atoms with Crippen molar-refractivity contribution >= 4 is 22.9 Å². The summed E-state index contributed by atoms with van der Waals surface area (Å²) in [5.41, 5.74) is 0.599. The first-order valence-electron chi connectivity index (χ1n) is 9.93. The molecule has 31 heavy (non-hydrogen) atoms. The number of anilines is 2. The first-order valence-corrected chi connectivity index (χ1v) is 9.93. The van der Waals surface area contributed by atoms with Gasteiger partial charge in [0.15, 0.2) is 0 Å². The SMILES string of the molecule is O=C1c2c(O)ccc(O)c2C(=O)c2c(NCCNCCO)ccc(NCCNCO)c21. The minimum absolute atomic E-state index is 0.00739. The Morgan fingerprint density at radius 2 is 1.10 bits per heavy atom. The molecule has 0 aliphatic heterocycles. The minimum Gasteiger partial charge on any atom is -0.507 e. The quantitative estimate of drug-likeness (QED) is 0.116. The molecule has 0 radical (unpaired) electrons. The van der Waals surface area contributed by atoms with Crippen LogP contribution < -0.4 is 21.3 Å². The van der Waals surface area contributed by atoms with E-state index in [1.165, 1.54) is 12.1 Å². The van der Waals surface area contributed by atoms with Crippen LogP contribution in [0.4, 0.5) is 11.4 Å². The van der Waals surface area contributed by atoms with Gasteiger partial charge in [-0.1, -0.05) is 0 Å². The molecule has 0 bridgehead atoms. The number of carbonyl (C=O) groups is 2. The van der Waals surface area contributed by atoms with Crippen molar-refractivity contribution in [2.75, 3.05) is 56.7 Å². The Bertz CT molecular complexity index is 979. The molecule has 0 atom stereocenters. The average Bonchev–Trinajstić information content (AvgIpc) is 2.76. The molecular weight excluding hydrogens is 404 g/mol. The lowest BCUT2D eigenvalue weighted by molar-refractivity contribution is 0.0975. The fraction of sp³-hybridized carbons (Fsp3) is 0.333. The lowest BCUT2D eigenvalue weighted by atomic mass is 9.81. The number of hydrogen-bond donors (Lipinski definition) is 8. The summed E-state index contributed by atoms with van der Waals surface area (Å²) < 4.78 is 0. The fourth-order valence-electron chi connectivity index (χ4n) is 3.51. The van der Waals surface area contributed by atoms with E-state index in [0.717, 1.165) is 0 Å². The first kappa shape index (κ1) is 22.5. The zero-order valence-corrected chi connectivity index (χ0v) is 16.9. The third kappa shape index (κ3) is 4.62. The van der Waals surface area contributed by atoms with Crippen molar-refractivity contribution in [1.82, 2.24) is 10.6 Å². The Morgan fingerprint density at radius 3 is 1.55 bits per heavy atom. The molecule has 0 unspecified atom stereocenters. The maximum absolute atomic E-state index is 13.3. The number of carbonyl (C=O) groups excluding carboxylic acids is 2. The summed E-state index contributed by atoms with van der Waals surface area (Å²) in [6.07, 6.45) is 0. The number of phenolic OH excluding ortho intramolecular Hbond substituents is 2. The summed E-state index contributed by atoms with van der Waals surface area (Å²) in [6, 6.07) is 5.69. The van der Waals surface area contributed by atoms with Crippen LogP contribution in [0.3, 0.4) is 0 Å². The van der Waals surface area contributed by atoms with Crippen LogP contribution in [0.1, 0.15) is 31.8 Å². The average molecular weight is 430 g/mol. The predicted octanol–water partition coefficient (Wildman–Crippen LogP) is -0.182. The second kappa shape index (κ2) is 10.2. The van der Waals surface area contributed by atoms with E-state index in [1.54, 1.807) is 12.1 Å². The Labute approximate surface area is 178 Å². The number of fused-ring (bicyclic) bond motifs is 2.